The largest absolute Gasteiger partial charge is 0.342 e. The number of carbonyl (C=O) groups is 1. The maximum Gasteiger partial charge on any atom is 0.255 e. The van der Waals surface area contributed by atoms with E-state index in [0.717, 1.165) is 44.5 Å². The Bertz CT molecular complexity index is 1100. The van der Waals surface area contributed by atoms with Gasteiger partial charge in [-0.3, -0.25) is 4.79 Å². The van der Waals surface area contributed by atoms with Gasteiger partial charge in [-0.05, 0) is 60.4 Å². The summed E-state index contributed by atoms with van der Waals surface area (Å²) < 4.78 is 1.54. The van der Waals surface area contributed by atoms with Crippen LogP contribution in [0.1, 0.15) is 39.1 Å². The molecule has 0 saturated heterocycles. The number of thiophene rings is 1. The van der Waals surface area contributed by atoms with E-state index < -0.39 is 0 Å². The van der Waals surface area contributed by atoms with Crippen LogP contribution in [0.15, 0.2) is 30.6 Å². The molecule has 8 nitrogen and oxygen atoms in total. The van der Waals surface area contributed by atoms with Crippen LogP contribution in [-0.4, -0.2) is 48.1 Å². The maximum absolute atomic E-state index is 13.3. The summed E-state index contributed by atoms with van der Waals surface area (Å²) in [6.45, 7) is 3.95. The number of amides is 1. The van der Waals surface area contributed by atoms with Crippen LogP contribution in [0, 0.1) is 13.8 Å². The van der Waals surface area contributed by atoms with Gasteiger partial charge in [-0.15, -0.1) is 16.4 Å². The predicted molar refractivity (Wildman–Crippen MR) is 116 cm³/mol. The van der Waals surface area contributed by atoms with Crippen molar-refractivity contribution >= 4 is 40.0 Å². The van der Waals surface area contributed by atoms with E-state index in [0.29, 0.717) is 5.56 Å². The third-order valence-electron chi connectivity index (χ3n) is 4.80. The Morgan fingerprint density at radius 3 is 2.90 bits per heavy atom. The lowest BCUT2D eigenvalue weighted by Crippen LogP contribution is -2.30. The van der Waals surface area contributed by atoms with Crippen molar-refractivity contribution < 1.29 is 4.79 Å². The summed E-state index contributed by atoms with van der Waals surface area (Å²) in [7, 11) is 0. The molecule has 150 valence electrons. The zero-order valence-electron chi connectivity index (χ0n) is 16.3. The van der Waals surface area contributed by atoms with Crippen molar-refractivity contribution in [1.29, 1.82) is 0 Å². The van der Waals surface area contributed by atoms with Gasteiger partial charge < -0.3 is 10.3 Å². The molecule has 0 radical (unpaired) electrons. The number of hydrogen-bond donors (Lipinski definition) is 2. The highest BCUT2D eigenvalue weighted by Crippen LogP contribution is 2.31. The smallest absolute Gasteiger partial charge is 0.255 e. The summed E-state index contributed by atoms with van der Waals surface area (Å²) in [5, 5.41) is 15.3. The minimum atomic E-state index is -0.219. The number of para-hydroxylation sites is 2. The van der Waals surface area contributed by atoms with Gasteiger partial charge in [-0.1, -0.05) is 12.1 Å². The monoisotopic (exact) mass is 427 g/mol. The van der Waals surface area contributed by atoms with E-state index in [1.165, 1.54) is 22.3 Å². The van der Waals surface area contributed by atoms with Crippen molar-refractivity contribution in [3.05, 3.63) is 52.4 Å². The first-order valence-electron chi connectivity index (χ1n) is 9.16. The molecule has 1 atom stereocenters. The average molecular weight is 428 g/mol. The second kappa shape index (κ2) is 8.34. The Balaban J connectivity index is 1.67. The normalized spacial score (nSPS) is 12.4. The van der Waals surface area contributed by atoms with Gasteiger partial charge in [-0.2, -0.15) is 16.4 Å². The van der Waals surface area contributed by atoms with Crippen molar-refractivity contribution in [3.8, 4) is 5.00 Å². The molecule has 4 rings (SSSR count). The molecular weight excluding hydrogens is 406 g/mol. The Morgan fingerprint density at radius 2 is 2.17 bits per heavy atom. The van der Waals surface area contributed by atoms with Gasteiger partial charge in [0.1, 0.15) is 17.2 Å². The molecule has 0 saturated carbocycles. The van der Waals surface area contributed by atoms with Gasteiger partial charge in [-0.25, -0.2) is 4.98 Å². The van der Waals surface area contributed by atoms with E-state index in [1.807, 2.05) is 38.1 Å². The number of rotatable bonds is 7. The van der Waals surface area contributed by atoms with Crippen LogP contribution in [0.5, 0.6) is 0 Å². The van der Waals surface area contributed by atoms with Crippen molar-refractivity contribution in [3.63, 3.8) is 0 Å². The molecule has 0 aliphatic heterocycles. The average Bonchev–Trinajstić information content (AvgIpc) is 3.44. The Kier molecular flexibility index (Phi) is 5.63. The molecule has 0 aliphatic rings. The van der Waals surface area contributed by atoms with E-state index in [-0.39, 0.29) is 11.9 Å². The standard InChI is InChI=1S/C19H21N7OS2/c1-11-12(2)29-19(26-10-20-24-25-26)16(11)18(27)23-15(8-9-28-3)17-21-13-6-4-5-7-14(13)22-17/h4-7,10,15H,8-9H2,1-3H3,(H,21,22)(H,23,27). The van der Waals surface area contributed by atoms with E-state index in [1.54, 1.807) is 11.8 Å². The summed E-state index contributed by atoms with van der Waals surface area (Å²) in [5.41, 5.74) is 3.39. The zero-order valence-corrected chi connectivity index (χ0v) is 18.0. The van der Waals surface area contributed by atoms with Crippen LogP contribution in [0.25, 0.3) is 16.0 Å². The highest BCUT2D eigenvalue weighted by atomic mass is 32.2. The number of carbonyl (C=O) groups excluding carboxylic acids is 1. The van der Waals surface area contributed by atoms with Crippen molar-refractivity contribution in [2.75, 3.05) is 12.0 Å². The van der Waals surface area contributed by atoms with E-state index in [4.69, 9.17) is 4.98 Å². The lowest BCUT2D eigenvalue weighted by Gasteiger charge is -2.17. The lowest BCUT2D eigenvalue weighted by molar-refractivity contribution is 0.0934. The summed E-state index contributed by atoms with van der Waals surface area (Å²) >= 11 is 3.24. The highest BCUT2D eigenvalue weighted by Gasteiger charge is 2.25. The van der Waals surface area contributed by atoms with Gasteiger partial charge in [0.25, 0.3) is 5.91 Å². The summed E-state index contributed by atoms with van der Waals surface area (Å²) in [6, 6.07) is 7.66. The van der Waals surface area contributed by atoms with Crippen LogP contribution < -0.4 is 5.32 Å². The van der Waals surface area contributed by atoms with Gasteiger partial charge >= 0.3 is 0 Å². The fraction of sp³-hybridized carbons (Fsp3) is 0.316. The topological polar surface area (TPSA) is 101 Å². The first-order valence-corrected chi connectivity index (χ1v) is 11.4. The molecule has 2 N–H and O–H groups in total. The third-order valence-corrected chi connectivity index (χ3v) is 6.65. The molecule has 0 bridgehead atoms. The van der Waals surface area contributed by atoms with Crippen LogP contribution >= 0.6 is 23.1 Å². The summed E-state index contributed by atoms with van der Waals surface area (Å²) in [5.74, 6) is 1.52. The fourth-order valence-electron chi connectivity index (χ4n) is 3.17. The number of H-pyrrole nitrogens is 1. The number of benzene rings is 1. The second-order valence-corrected chi connectivity index (χ2v) is 8.85. The van der Waals surface area contributed by atoms with Crippen molar-refractivity contribution in [2.24, 2.45) is 0 Å². The maximum atomic E-state index is 13.3. The number of nitrogens with zero attached hydrogens (tertiary/aromatic N) is 5. The quantitative estimate of drug-likeness (QED) is 0.468. The number of imidazole rings is 1. The second-order valence-electron chi connectivity index (χ2n) is 6.66. The molecule has 0 spiro atoms. The molecule has 4 aromatic rings. The van der Waals surface area contributed by atoms with Crippen molar-refractivity contribution in [1.82, 2.24) is 35.5 Å². The number of aromatic amines is 1. The SMILES string of the molecule is CSCCC(NC(=O)c1c(-n2cnnn2)sc(C)c1C)c1nc2ccccc2[nH]1. The molecule has 0 aliphatic carbocycles. The van der Waals surface area contributed by atoms with Crippen LogP contribution in [-0.2, 0) is 0 Å². The Hall–Kier alpha value is -2.72. The van der Waals surface area contributed by atoms with E-state index in [9.17, 15) is 4.79 Å². The minimum Gasteiger partial charge on any atom is -0.342 e. The van der Waals surface area contributed by atoms with Gasteiger partial charge in [0.2, 0.25) is 0 Å². The number of fused-ring (bicyclic) bond motifs is 1. The Labute approximate surface area is 176 Å². The van der Waals surface area contributed by atoms with Gasteiger partial charge in [0, 0.05) is 4.88 Å². The number of aryl methyl sites for hydroxylation is 1. The molecule has 1 aromatic carbocycles. The molecule has 1 amide bonds. The predicted octanol–water partition coefficient (Wildman–Crippen LogP) is 3.44. The van der Waals surface area contributed by atoms with E-state index in [2.05, 4.69) is 32.1 Å². The third kappa shape index (κ3) is 3.90. The van der Waals surface area contributed by atoms with Gasteiger partial charge in [0.05, 0.1) is 22.6 Å². The highest BCUT2D eigenvalue weighted by molar-refractivity contribution is 7.98. The molecule has 29 heavy (non-hydrogen) atoms. The molecular formula is C19H21N7OS2. The fourth-order valence-corrected chi connectivity index (χ4v) is 4.71. The van der Waals surface area contributed by atoms with Crippen LogP contribution in [0.3, 0.4) is 0 Å². The molecule has 3 aromatic heterocycles. The van der Waals surface area contributed by atoms with Crippen molar-refractivity contribution in [2.45, 2.75) is 26.3 Å². The van der Waals surface area contributed by atoms with Crippen LogP contribution in [0.4, 0.5) is 0 Å². The molecule has 1 unspecified atom stereocenters. The number of hydrogen-bond acceptors (Lipinski definition) is 7. The summed E-state index contributed by atoms with van der Waals surface area (Å²) in [4.78, 5) is 22.4. The summed E-state index contributed by atoms with van der Waals surface area (Å²) in [6.07, 6.45) is 4.33. The van der Waals surface area contributed by atoms with E-state index >= 15 is 0 Å². The first kappa shape index (κ1) is 19.6. The van der Waals surface area contributed by atoms with Gasteiger partial charge in [0.15, 0.2) is 0 Å². The zero-order chi connectivity index (χ0) is 20.4. The lowest BCUT2D eigenvalue weighted by atomic mass is 10.1. The molecule has 10 heteroatoms. The number of aromatic nitrogens is 6. The van der Waals surface area contributed by atoms with Crippen LogP contribution in [0.2, 0.25) is 0 Å². The number of tetrazole rings is 1. The molecule has 3 heterocycles. The molecule has 0 fully saturated rings. The Morgan fingerprint density at radius 1 is 1.34 bits per heavy atom. The first-order chi connectivity index (χ1) is 14.1. The number of thioether (sulfide) groups is 1. The minimum absolute atomic E-state index is 0.149. The number of nitrogens with one attached hydrogen (secondary N) is 2.